The van der Waals surface area contributed by atoms with Crippen LogP contribution in [0.3, 0.4) is 0 Å². The second kappa shape index (κ2) is 6.11. The average Bonchev–Trinajstić information content (AvgIpc) is 2.48. The van der Waals surface area contributed by atoms with Gasteiger partial charge in [-0.15, -0.1) is 0 Å². The monoisotopic (exact) mass is 295 g/mol. The maximum atomic E-state index is 13.2. The first-order valence-corrected chi connectivity index (χ1v) is 6.36. The van der Waals surface area contributed by atoms with Crippen molar-refractivity contribution in [2.75, 3.05) is 14.2 Å². The molecule has 2 aromatic rings. The third-order valence-corrected chi connectivity index (χ3v) is 3.33. The number of ether oxygens (including phenoxy) is 2. The third-order valence-electron chi connectivity index (χ3n) is 3.04. The van der Waals surface area contributed by atoms with E-state index >= 15 is 0 Å². The van der Waals surface area contributed by atoms with Crippen LogP contribution >= 0.6 is 11.6 Å². The van der Waals surface area contributed by atoms with Crippen LogP contribution in [0.5, 0.6) is 11.5 Å². The van der Waals surface area contributed by atoms with Gasteiger partial charge < -0.3 is 15.2 Å². The summed E-state index contributed by atoms with van der Waals surface area (Å²) in [6.07, 6.45) is 0. The van der Waals surface area contributed by atoms with E-state index in [-0.39, 0.29) is 5.02 Å². The molecule has 0 radical (unpaired) electrons. The Balaban J connectivity index is 2.41. The number of hydrogen-bond acceptors (Lipinski definition) is 3. The molecule has 106 valence electrons. The van der Waals surface area contributed by atoms with E-state index in [4.69, 9.17) is 26.8 Å². The molecule has 0 amide bonds. The zero-order chi connectivity index (χ0) is 14.7. The van der Waals surface area contributed by atoms with Crippen molar-refractivity contribution in [1.82, 2.24) is 0 Å². The molecule has 2 N–H and O–H groups in total. The highest BCUT2D eigenvalue weighted by Gasteiger charge is 2.13. The first kappa shape index (κ1) is 14.6. The molecule has 0 bridgehead atoms. The van der Waals surface area contributed by atoms with Crippen LogP contribution in [-0.4, -0.2) is 14.2 Å². The topological polar surface area (TPSA) is 44.5 Å². The summed E-state index contributed by atoms with van der Waals surface area (Å²) < 4.78 is 23.6. The summed E-state index contributed by atoms with van der Waals surface area (Å²) in [6, 6.07) is 9.36. The van der Waals surface area contributed by atoms with E-state index in [0.717, 1.165) is 5.56 Å². The number of halogens is 2. The fourth-order valence-electron chi connectivity index (χ4n) is 1.91. The van der Waals surface area contributed by atoms with Crippen LogP contribution in [0.2, 0.25) is 5.02 Å². The summed E-state index contributed by atoms with van der Waals surface area (Å²) in [4.78, 5) is 0. The molecule has 0 aliphatic carbocycles. The molecule has 3 nitrogen and oxygen atoms in total. The second-order valence-electron chi connectivity index (χ2n) is 4.30. The van der Waals surface area contributed by atoms with Gasteiger partial charge in [-0.05, 0) is 35.4 Å². The number of methoxy groups -OCH3 is 2. The number of benzene rings is 2. The first-order chi connectivity index (χ1) is 9.55. The molecule has 1 atom stereocenters. The van der Waals surface area contributed by atoms with Crippen LogP contribution in [-0.2, 0) is 0 Å². The van der Waals surface area contributed by atoms with Gasteiger partial charge in [0, 0.05) is 6.07 Å². The highest BCUT2D eigenvalue weighted by molar-refractivity contribution is 6.30. The van der Waals surface area contributed by atoms with Crippen molar-refractivity contribution >= 4 is 11.6 Å². The molecule has 0 spiro atoms. The lowest BCUT2D eigenvalue weighted by molar-refractivity contribution is 0.393. The van der Waals surface area contributed by atoms with Gasteiger partial charge in [-0.3, -0.25) is 0 Å². The summed E-state index contributed by atoms with van der Waals surface area (Å²) in [5.41, 5.74) is 7.70. The summed E-state index contributed by atoms with van der Waals surface area (Å²) in [7, 11) is 3.14. The Labute approximate surface area is 122 Å². The predicted octanol–water partition coefficient (Wildman–Crippen LogP) is 3.54. The zero-order valence-electron chi connectivity index (χ0n) is 11.2. The van der Waals surface area contributed by atoms with Crippen molar-refractivity contribution in [3.05, 3.63) is 58.4 Å². The van der Waals surface area contributed by atoms with Crippen LogP contribution in [0.25, 0.3) is 0 Å². The van der Waals surface area contributed by atoms with Gasteiger partial charge >= 0.3 is 0 Å². The Morgan fingerprint density at radius 1 is 1.00 bits per heavy atom. The van der Waals surface area contributed by atoms with Gasteiger partial charge in [-0.2, -0.15) is 0 Å². The van der Waals surface area contributed by atoms with Crippen LogP contribution in [0.1, 0.15) is 17.2 Å². The molecule has 5 heteroatoms. The van der Waals surface area contributed by atoms with Gasteiger partial charge in [0.1, 0.15) is 17.3 Å². The van der Waals surface area contributed by atoms with Gasteiger partial charge in [-0.1, -0.05) is 17.7 Å². The lowest BCUT2D eigenvalue weighted by Gasteiger charge is -2.15. The lowest BCUT2D eigenvalue weighted by Crippen LogP contribution is -2.12. The molecular weight excluding hydrogens is 281 g/mol. The predicted molar refractivity (Wildman–Crippen MR) is 77.0 cm³/mol. The molecule has 0 aliphatic rings. The highest BCUT2D eigenvalue weighted by atomic mass is 35.5. The SMILES string of the molecule is COc1cc(OC)cc(C(N)c2ccc(F)c(Cl)c2)c1. The molecule has 0 fully saturated rings. The molecule has 0 heterocycles. The minimum Gasteiger partial charge on any atom is -0.497 e. The average molecular weight is 296 g/mol. The Morgan fingerprint density at radius 3 is 2.10 bits per heavy atom. The number of hydrogen-bond donors (Lipinski definition) is 1. The van der Waals surface area contributed by atoms with Crippen LogP contribution in [0, 0.1) is 5.82 Å². The summed E-state index contributed by atoms with van der Waals surface area (Å²) in [5, 5.41) is 0.0489. The molecule has 2 aromatic carbocycles. The van der Waals surface area contributed by atoms with E-state index in [0.29, 0.717) is 17.1 Å². The maximum Gasteiger partial charge on any atom is 0.141 e. The van der Waals surface area contributed by atoms with E-state index in [1.807, 2.05) is 12.1 Å². The Morgan fingerprint density at radius 2 is 1.60 bits per heavy atom. The molecule has 2 rings (SSSR count). The van der Waals surface area contributed by atoms with Crippen molar-refractivity contribution < 1.29 is 13.9 Å². The van der Waals surface area contributed by atoms with Gasteiger partial charge in [0.05, 0.1) is 25.3 Å². The number of nitrogens with two attached hydrogens (primary N) is 1. The molecule has 20 heavy (non-hydrogen) atoms. The molecule has 1 unspecified atom stereocenters. The largest absolute Gasteiger partial charge is 0.497 e. The Kier molecular flexibility index (Phi) is 4.47. The molecule has 0 saturated heterocycles. The quantitative estimate of drug-likeness (QED) is 0.938. The summed E-state index contributed by atoms with van der Waals surface area (Å²) >= 11 is 5.78. The molecular formula is C15H15ClFNO2. The van der Waals surface area contributed by atoms with Crippen molar-refractivity contribution in [2.24, 2.45) is 5.73 Å². The smallest absolute Gasteiger partial charge is 0.141 e. The Hall–Kier alpha value is -1.78. The molecule has 0 saturated carbocycles. The number of rotatable bonds is 4. The van der Waals surface area contributed by atoms with E-state index in [9.17, 15) is 4.39 Å². The van der Waals surface area contributed by atoms with Crippen molar-refractivity contribution in [1.29, 1.82) is 0 Å². The van der Waals surface area contributed by atoms with Crippen molar-refractivity contribution in [2.45, 2.75) is 6.04 Å². The van der Waals surface area contributed by atoms with Gasteiger partial charge in [-0.25, -0.2) is 4.39 Å². The maximum absolute atomic E-state index is 13.2. The normalized spacial score (nSPS) is 12.1. The van der Waals surface area contributed by atoms with Gasteiger partial charge in [0.2, 0.25) is 0 Å². The minimum atomic E-state index is -0.467. The minimum absolute atomic E-state index is 0.0489. The van der Waals surface area contributed by atoms with Gasteiger partial charge in [0.15, 0.2) is 0 Å². The fourth-order valence-corrected chi connectivity index (χ4v) is 2.10. The third kappa shape index (κ3) is 3.03. The van der Waals surface area contributed by atoms with E-state index in [1.165, 1.54) is 12.1 Å². The van der Waals surface area contributed by atoms with E-state index in [1.54, 1.807) is 26.4 Å². The Bertz CT molecular complexity index is 597. The molecule has 0 aliphatic heterocycles. The fraction of sp³-hybridized carbons (Fsp3) is 0.200. The van der Waals surface area contributed by atoms with Crippen molar-refractivity contribution in [3.63, 3.8) is 0 Å². The molecule has 0 aromatic heterocycles. The zero-order valence-corrected chi connectivity index (χ0v) is 11.9. The summed E-state index contributed by atoms with van der Waals surface area (Å²) in [6.45, 7) is 0. The lowest BCUT2D eigenvalue weighted by atomic mass is 9.99. The second-order valence-corrected chi connectivity index (χ2v) is 4.70. The highest BCUT2D eigenvalue weighted by Crippen LogP contribution is 2.30. The van der Waals surface area contributed by atoms with Crippen molar-refractivity contribution in [3.8, 4) is 11.5 Å². The van der Waals surface area contributed by atoms with Gasteiger partial charge in [0.25, 0.3) is 0 Å². The van der Waals surface area contributed by atoms with Crippen LogP contribution in [0.15, 0.2) is 36.4 Å². The van der Waals surface area contributed by atoms with E-state index < -0.39 is 11.9 Å². The summed E-state index contributed by atoms with van der Waals surface area (Å²) in [5.74, 6) is 0.817. The van der Waals surface area contributed by atoms with E-state index in [2.05, 4.69) is 0 Å². The standard InChI is InChI=1S/C15H15ClFNO2/c1-19-11-5-10(6-12(8-11)20-2)15(18)9-3-4-14(17)13(16)7-9/h3-8,15H,18H2,1-2H3. The first-order valence-electron chi connectivity index (χ1n) is 5.98. The van der Waals surface area contributed by atoms with Crippen LogP contribution in [0.4, 0.5) is 4.39 Å². The van der Waals surface area contributed by atoms with Crippen LogP contribution < -0.4 is 15.2 Å².